The lowest BCUT2D eigenvalue weighted by Crippen LogP contribution is -2.70. The molecule has 2 N–H and O–H groups in total. The van der Waals surface area contributed by atoms with Crippen LogP contribution < -0.4 is 9.64 Å². The topological polar surface area (TPSA) is 112 Å². The quantitative estimate of drug-likeness (QED) is 0.498. The number of alkyl halides is 5. The van der Waals surface area contributed by atoms with E-state index in [0.29, 0.717) is 6.42 Å². The first-order valence-electron chi connectivity index (χ1n) is 9.89. The van der Waals surface area contributed by atoms with Gasteiger partial charge in [0.05, 0.1) is 17.6 Å². The van der Waals surface area contributed by atoms with Crippen LogP contribution in [-0.4, -0.2) is 69.1 Å². The molecule has 15 heteroatoms. The molecule has 0 aliphatic carbocycles. The zero-order valence-electron chi connectivity index (χ0n) is 16.9. The molecule has 6 rings (SSSR count). The van der Waals surface area contributed by atoms with Crippen molar-refractivity contribution in [2.45, 2.75) is 37.4 Å². The molecule has 3 saturated heterocycles. The van der Waals surface area contributed by atoms with E-state index in [1.165, 1.54) is 11.1 Å². The molecule has 9 nitrogen and oxygen atoms in total. The molecule has 3 unspecified atom stereocenters. The number of rotatable bonds is 5. The van der Waals surface area contributed by atoms with Gasteiger partial charge in [0.2, 0.25) is 0 Å². The zero-order valence-corrected chi connectivity index (χ0v) is 17.7. The molecular weight excluding hydrogens is 491 g/mol. The molecule has 3 aliphatic heterocycles. The SMILES string of the molecule is O=C(O)N1C2CC1CN(c1nc3c(OC(F)(F)F)c(C(O)C(F)F)cc(-c4nccs4)c3o1)C2. The molecule has 34 heavy (non-hydrogen) atoms. The Bertz CT molecular complexity index is 1220. The molecule has 1 aromatic carbocycles. The summed E-state index contributed by atoms with van der Waals surface area (Å²) >= 11 is 1.08. The number of oxazole rings is 1. The molecule has 2 aromatic heterocycles. The highest BCUT2D eigenvalue weighted by molar-refractivity contribution is 7.13. The van der Waals surface area contributed by atoms with Crippen LogP contribution in [0.3, 0.4) is 0 Å². The van der Waals surface area contributed by atoms with Crippen LogP contribution >= 0.6 is 11.3 Å². The molecule has 5 heterocycles. The highest BCUT2D eigenvalue weighted by Crippen LogP contribution is 2.45. The molecule has 0 spiro atoms. The number of amides is 1. The largest absolute Gasteiger partial charge is 0.573 e. The van der Waals surface area contributed by atoms with Crippen molar-refractivity contribution < 1.29 is 46.1 Å². The first kappa shape index (κ1) is 22.6. The summed E-state index contributed by atoms with van der Waals surface area (Å²) in [7, 11) is 0. The molecular formula is C19H15F5N4O5S. The standard InChI is InChI=1S/C19H15F5N4O5S/c20-15(21)12(29)9-4-10(16-25-1-2-34-16)13-11(14(9)33-19(22,23)24)26-17(32-13)27-5-7-3-8(6-27)28(7)18(30)31/h1-2,4,7-8,12,15,29H,3,5-6H2,(H,30,31). The lowest BCUT2D eigenvalue weighted by Gasteiger charge is -2.54. The molecule has 3 aliphatic rings. The van der Waals surface area contributed by atoms with Gasteiger partial charge in [0.25, 0.3) is 12.4 Å². The maximum absolute atomic E-state index is 13.3. The second kappa shape index (κ2) is 7.94. The number of piperazine rings is 1. The van der Waals surface area contributed by atoms with E-state index in [1.807, 2.05) is 0 Å². The van der Waals surface area contributed by atoms with Crippen molar-refractivity contribution >= 4 is 34.5 Å². The van der Waals surface area contributed by atoms with Gasteiger partial charge >= 0.3 is 12.5 Å². The van der Waals surface area contributed by atoms with E-state index in [4.69, 9.17) is 4.42 Å². The van der Waals surface area contributed by atoms with Crippen LogP contribution in [0.15, 0.2) is 22.1 Å². The number of benzene rings is 1. The molecule has 2 bridgehead atoms. The molecule has 3 fully saturated rings. The number of hydrogen-bond donors (Lipinski definition) is 2. The fourth-order valence-corrected chi connectivity index (χ4v) is 5.03. The Balaban J connectivity index is 1.66. The van der Waals surface area contributed by atoms with Crippen LogP contribution in [0.5, 0.6) is 5.75 Å². The van der Waals surface area contributed by atoms with Crippen LogP contribution in [0.25, 0.3) is 21.7 Å². The van der Waals surface area contributed by atoms with E-state index < -0.39 is 41.8 Å². The molecule has 182 valence electrons. The minimum Gasteiger partial charge on any atom is -0.465 e. The Labute approximate surface area is 191 Å². The van der Waals surface area contributed by atoms with Gasteiger partial charge in [0, 0.05) is 30.2 Å². The smallest absolute Gasteiger partial charge is 0.465 e. The summed E-state index contributed by atoms with van der Waals surface area (Å²) in [4.78, 5) is 22.4. The summed E-state index contributed by atoms with van der Waals surface area (Å²) in [5, 5.41) is 21.1. The fraction of sp³-hybridized carbons (Fsp3) is 0.421. The second-order valence-corrected chi connectivity index (χ2v) is 8.71. The van der Waals surface area contributed by atoms with Crippen molar-refractivity contribution in [2.24, 2.45) is 0 Å². The molecule has 1 amide bonds. The average molecular weight is 506 g/mol. The van der Waals surface area contributed by atoms with Gasteiger partial charge in [-0.1, -0.05) is 0 Å². The number of anilines is 1. The third-order valence-corrected chi connectivity index (χ3v) is 6.57. The van der Waals surface area contributed by atoms with E-state index >= 15 is 0 Å². The summed E-state index contributed by atoms with van der Waals surface area (Å²) in [6.07, 6.45) is -10.3. The third-order valence-electron chi connectivity index (χ3n) is 5.76. The number of piperidine rings is 1. The van der Waals surface area contributed by atoms with Crippen LogP contribution in [0, 0.1) is 0 Å². The van der Waals surface area contributed by atoms with Crippen molar-refractivity contribution in [1.29, 1.82) is 0 Å². The number of thiazole rings is 1. The first-order valence-corrected chi connectivity index (χ1v) is 10.8. The normalized spacial score (nSPS) is 21.1. The summed E-state index contributed by atoms with van der Waals surface area (Å²) in [5.41, 5.74) is -1.46. The molecule has 0 saturated carbocycles. The van der Waals surface area contributed by atoms with E-state index in [2.05, 4.69) is 14.7 Å². The van der Waals surface area contributed by atoms with Gasteiger partial charge in [-0.15, -0.1) is 24.5 Å². The number of carbonyl (C=O) groups is 1. The van der Waals surface area contributed by atoms with Gasteiger partial charge in [-0.2, -0.15) is 4.98 Å². The molecule has 3 atom stereocenters. The lowest BCUT2D eigenvalue weighted by atomic mass is 9.88. The predicted molar refractivity (Wildman–Crippen MR) is 107 cm³/mol. The zero-order chi connectivity index (χ0) is 24.4. The van der Waals surface area contributed by atoms with Crippen LogP contribution in [-0.2, 0) is 0 Å². The Hall–Kier alpha value is -3.20. The third kappa shape index (κ3) is 3.77. The molecule has 0 radical (unpaired) electrons. The van der Waals surface area contributed by atoms with E-state index in [9.17, 15) is 37.0 Å². The van der Waals surface area contributed by atoms with Crippen molar-refractivity contribution in [3.05, 3.63) is 23.2 Å². The fourth-order valence-electron chi connectivity index (χ4n) is 4.38. The van der Waals surface area contributed by atoms with Gasteiger partial charge in [0.1, 0.15) is 11.1 Å². The lowest BCUT2D eigenvalue weighted by molar-refractivity contribution is -0.274. The summed E-state index contributed by atoms with van der Waals surface area (Å²) < 4.78 is 76.1. The maximum Gasteiger partial charge on any atom is 0.573 e. The predicted octanol–water partition coefficient (Wildman–Crippen LogP) is 4.09. The Kier molecular flexibility index (Phi) is 5.27. The van der Waals surface area contributed by atoms with Gasteiger partial charge in [-0.25, -0.2) is 18.6 Å². The van der Waals surface area contributed by atoms with Crippen molar-refractivity contribution in [1.82, 2.24) is 14.9 Å². The van der Waals surface area contributed by atoms with Gasteiger partial charge in [-0.05, 0) is 12.5 Å². The Morgan fingerprint density at radius 1 is 1.29 bits per heavy atom. The minimum atomic E-state index is -5.26. The highest BCUT2D eigenvalue weighted by Gasteiger charge is 2.48. The van der Waals surface area contributed by atoms with Crippen molar-refractivity contribution in [3.8, 4) is 16.3 Å². The Morgan fingerprint density at radius 2 is 2.00 bits per heavy atom. The van der Waals surface area contributed by atoms with E-state index in [-0.39, 0.29) is 47.3 Å². The summed E-state index contributed by atoms with van der Waals surface area (Å²) in [5.74, 6) is -1.10. The monoisotopic (exact) mass is 506 g/mol. The number of hydrogen-bond acceptors (Lipinski definition) is 8. The van der Waals surface area contributed by atoms with Crippen LogP contribution in [0.4, 0.5) is 32.8 Å². The van der Waals surface area contributed by atoms with Gasteiger partial charge in [-0.3, -0.25) is 4.90 Å². The van der Waals surface area contributed by atoms with Crippen LogP contribution in [0.1, 0.15) is 18.1 Å². The number of fused-ring (bicyclic) bond motifs is 3. The average Bonchev–Trinajstić information content (AvgIpc) is 3.42. The number of nitrogens with zero attached hydrogens (tertiary/aromatic N) is 4. The van der Waals surface area contributed by atoms with Crippen LogP contribution in [0.2, 0.25) is 0 Å². The summed E-state index contributed by atoms with van der Waals surface area (Å²) in [6.45, 7) is 0.369. The molecule has 3 aromatic rings. The minimum absolute atomic E-state index is 0.0577. The van der Waals surface area contributed by atoms with Crippen molar-refractivity contribution in [3.63, 3.8) is 0 Å². The number of ether oxygens (including phenoxy) is 1. The maximum atomic E-state index is 13.3. The van der Waals surface area contributed by atoms with E-state index in [0.717, 1.165) is 17.4 Å². The first-order chi connectivity index (χ1) is 16.0. The van der Waals surface area contributed by atoms with Gasteiger partial charge < -0.3 is 24.3 Å². The number of aliphatic hydroxyl groups excluding tert-OH is 1. The number of halogens is 5. The summed E-state index contributed by atoms with van der Waals surface area (Å²) in [6, 6.07) is 0.121. The Morgan fingerprint density at radius 3 is 2.56 bits per heavy atom. The number of carboxylic acid groups (broad SMARTS) is 1. The van der Waals surface area contributed by atoms with Crippen molar-refractivity contribution in [2.75, 3.05) is 18.0 Å². The number of aliphatic hydroxyl groups is 1. The highest BCUT2D eigenvalue weighted by atomic mass is 32.1. The number of aromatic nitrogens is 2. The second-order valence-electron chi connectivity index (χ2n) is 7.82. The van der Waals surface area contributed by atoms with Gasteiger partial charge in [0.15, 0.2) is 16.8 Å². The van der Waals surface area contributed by atoms with E-state index in [1.54, 1.807) is 10.3 Å².